The number of amides is 1. The zero-order chi connectivity index (χ0) is 17.1. The number of hydrogen-bond acceptors (Lipinski definition) is 4. The molecular weight excluding hydrogens is 306 g/mol. The van der Waals surface area contributed by atoms with Crippen molar-refractivity contribution in [1.82, 2.24) is 15.5 Å². The topological polar surface area (TPSA) is 76.2 Å². The summed E-state index contributed by atoms with van der Waals surface area (Å²) in [5.41, 5.74) is 2.89. The minimum atomic E-state index is -0.120. The molecule has 0 saturated heterocycles. The van der Waals surface area contributed by atoms with Gasteiger partial charge in [-0.1, -0.05) is 0 Å². The smallest absolute Gasteiger partial charge is 0.255 e. The standard InChI is InChI=1S/C18H23N3O3/c1-11(2)24-17-9-14(23-3)5-6-15(17)18(22)20-13-4-7-16-12(8-13)10-19-21-16/h5-6,9-11,13H,4,7-8H2,1-3H3,(H,19,21)(H,20,22)/t13-/m1/s1. The second kappa shape index (κ2) is 6.95. The van der Waals surface area contributed by atoms with E-state index >= 15 is 0 Å². The van der Waals surface area contributed by atoms with Crippen molar-refractivity contribution in [3.63, 3.8) is 0 Å². The van der Waals surface area contributed by atoms with E-state index in [-0.39, 0.29) is 18.1 Å². The molecule has 0 bridgehead atoms. The van der Waals surface area contributed by atoms with E-state index in [1.807, 2.05) is 20.0 Å². The van der Waals surface area contributed by atoms with Crippen LogP contribution in [0.4, 0.5) is 0 Å². The molecule has 3 rings (SSSR count). The van der Waals surface area contributed by atoms with E-state index in [4.69, 9.17) is 9.47 Å². The minimum absolute atomic E-state index is 0.0215. The predicted octanol–water partition coefficient (Wildman–Crippen LogP) is 2.49. The van der Waals surface area contributed by atoms with E-state index < -0.39 is 0 Å². The zero-order valence-corrected chi connectivity index (χ0v) is 14.3. The van der Waals surface area contributed by atoms with E-state index in [1.54, 1.807) is 25.3 Å². The first-order chi connectivity index (χ1) is 11.6. The van der Waals surface area contributed by atoms with Gasteiger partial charge >= 0.3 is 0 Å². The van der Waals surface area contributed by atoms with E-state index in [0.717, 1.165) is 19.3 Å². The Kier molecular flexibility index (Phi) is 4.74. The highest BCUT2D eigenvalue weighted by molar-refractivity contribution is 5.97. The van der Waals surface area contributed by atoms with Crippen molar-refractivity contribution >= 4 is 5.91 Å². The first kappa shape index (κ1) is 16.4. The number of aromatic nitrogens is 2. The molecule has 0 radical (unpaired) electrons. The number of aryl methyl sites for hydroxylation is 1. The van der Waals surface area contributed by atoms with Crippen molar-refractivity contribution in [1.29, 1.82) is 0 Å². The van der Waals surface area contributed by atoms with Crippen LogP contribution in [0.2, 0.25) is 0 Å². The van der Waals surface area contributed by atoms with Gasteiger partial charge in [0.05, 0.1) is 25.0 Å². The molecule has 1 aliphatic rings. The number of carbonyl (C=O) groups excluding carboxylic acids is 1. The molecule has 0 unspecified atom stereocenters. The van der Waals surface area contributed by atoms with Gasteiger partial charge in [0.15, 0.2) is 0 Å². The summed E-state index contributed by atoms with van der Waals surface area (Å²) in [6.45, 7) is 3.87. The number of carbonyl (C=O) groups is 1. The maximum absolute atomic E-state index is 12.7. The largest absolute Gasteiger partial charge is 0.497 e. The Hall–Kier alpha value is -2.50. The highest BCUT2D eigenvalue weighted by atomic mass is 16.5. The Morgan fingerprint density at radius 2 is 2.25 bits per heavy atom. The molecule has 1 aromatic carbocycles. The maximum Gasteiger partial charge on any atom is 0.255 e. The lowest BCUT2D eigenvalue weighted by atomic mass is 9.93. The Morgan fingerprint density at radius 3 is 3.00 bits per heavy atom. The van der Waals surface area contributed by atoms with E-state index in [0.29, 0.717) is 17.1 Å². The minimum Gasteiger partial charge on any atom is -0.497 e. The van der Waals surface area contributed by atoms with Crippen LogP contribution in [0.1, 0.15) is 41.9 Å². The van der Waals surface area contributed by atoms with Gasteiger partial charge in [-0.05, 0) is 50.8 Å². The molecule has 1 aromatic heterocycles. The van der Waals surface area contributed by atoms with Gasteiger partial charge in [0, 0.05) is 17.8 Å². The van der Waals surface area contributed by atoms with Gasteiger partial charge in [-0.15, -0.1) is 0 Å². The number of hydrogen-bond donors (Lipinski definition) is 2. The number of rotatable bonds is 5. The number of H-pyrrole nitrogens is 1. The molecule has 1 amide bonds. The molecule has 0 saturated carbocycles. The molecule has 24 heavy (non-hydrogen) atoms. The van der Waals surface area contributed by atoms with Crippen LogP contribution >= 0.6 is 0 Å². The third-order valence-electron chi connectivity index (χ3n) is 4.15. The Morgan fingerprint density at radius 1 is 1.42 bits per heavy atom. The molecule has 1 atom stereocenters. The van der Waals surface area contributed by atoms with Gasteiger partial charge in [0.2, 0.25) is 0 Å². The van der Waals surface area contributed by atoms with Crippen molar-refractivity contribution in [2.45, 2.75) is 45.3 Å². The number of ether oxygens (including phenoxy) is 2. The average Bonchev–Trinajstić information content (AvgIpc) is 3.01. The summed E-state index contributed by atoms with van der Waals surface area (Å²) < 4.78 is 11.0. The fourth-order valence-corrected chi connectivity index (χ4v) is 2.97. The van der Waals surface area contributed by atoms with Crippen LogP contribution in [0.5, 0.6) is 11.5 Å². The monoisotopic (exact) mass is 329 g/mol. The van der Waals surface area contributed by atoms with Crippen LogP contribution in [-0.2, 0) is 12.8 Å². The summed E-state index contributed by atoms with van der Waals surface area (Å²) in [5.74, 6) is 1.09. The first-order valence-electron chi connectivity index (χ1n) is 8.23. The molecule has 6 nitrogen and oxygen atoms in total. The molecule has 6 heteroatoms. The zero-order valence-electron chi connectivity index (χ0n) is 14.3. The Labute approximate surface area is 141 Å². The quantitative estimate of drug-likeness (QED) is 0.883. The molecule has 1 heterocycles. The second-order valence-electron chi connectivity index (χ2n) is 6.32. The molecular formula is C18H23N3O3. The summed E-state index contributed by atoms with van der Waals surface area (Å²) in [6, 6.07) is 5.38. The molecule has 0 fully saturated rings. The van der Waals surface area contributed by atoms with Gasteiger partial charge in [-0.3, -0.25) is 9.89 Å². The number of methoxy groups -OCH3 is 1. The van der Waals surface area contributed by atoms with Gasteiger partial charge in [-0.25, -0.2) is 0 Å². The first-order valence-corrected chi connectivity index (χ1v) is 8.23. The van der Waals surface area contributed by atoms with Crippen molar-refractivity contribution in [2.24, 2.45) is 0 Å². The molecule has 2 aromatic rings. The summed E-state index contributed by atoms with van der Waals surface area (Å²) in [7, 11) is 1.60. The van der Waals surface area contributed by atoms with Gasteiger partial charge in [0.25, 0.3) is 5.91 Å². The molecule has 0 spiro atoms. The predicted molar refractivity (Wildman–Crippen MR) is 90.6 cm³/mol. The fraction of sp³-hybridized carbons (Fsp3) is 0.444. The third-order valence-corrected chi connectivity index (χ3v) is 4.15. The molecule has 1 aliphatic carbocycles. The SMILES string of the molecule is COc1ccc(C(=O)N[C@@H]2CCc3[nH]ncc3C2)c(OC(C)C)c1. The Balaban J connectivity index is 1.75. The highest BCUT2D eigenvalue weighted by Gasteiger charge is 2.23. The van der Waals surface area contributed by atoms with E-state index in [9.17, 15) is 4.79 Å². The van der Waals surface area contributed by atoms with Crippen LogP contribution in [-0.4, -0.2) is 35.4 Å². The summed E-state index contributed by atoms with van der Waals surface area (Å²) in [6.07, 6.45) is 4.42. The van der Waals surface area contributed by atoms with Crippen molar-refractivity contribution in [3.8, 4) is 11.5 Å². The summed E-state index contributed by atoms with van der Waals surface area (Å²) >= 11 is 0. The lowest BCUT2D eigenvalue weighted by Gasteiger charge is -2.23. The van der Waals surface area contributed by atoms with Crippen LogP contribution < -0.4 is 14.8 Å². The second-order valence-corrected chi connectivity index (χ2v) is 6.32. The van der Waals surface area contributed by atoms with Crippen LogP contribution in [0.15, 0.2) is 24.4 Å². The number of fused-ring (bicyclic) bond motifs is 1. The summed E-state index contributed by atoms with van der Waals surface area (Å²) in [4.78, 5) is 12.7. The lowest BCUT2D eigenvalue weighted by Crippen LogP contribution is -2.38. The summed E-state index contributed by atoms with van der Waals surface area (Å²) in [5, 5.41) is 10.2. The molecule has 128 valence electrons. The number of benzene rings is 1. The Bertz CT molecular complexity index is 724. The van der Waals surface area contributed by atoms with Gasteiger partial charge in [-0.2, -0.15) is 5.10 Å². The van der Waals surface area contributed by atoms with Crippen LogP contribution in [0.3, 0.4) is 0 Å². The maximum atomic E-state index is 12.7. The third kappa shape index (κ3) is 3.53. The number of aromatic amines is 1. The molecule has 0 aliphatic heterocycles. The average molecular weight is 329 g/mol. The van der Waals surface area contributed by atoms with E-state index in [2.05, 4.69) is 15.5 Å². The van der Waals surface area contributed by atoms with Crippen LogP contribution in [0.25, 0.3) is 0 Å². The van der Waals surface area contributed by atoms with Crippen molar-refractivity contribution in [3.05, 3.63) is 41.2 Å². The van der Waals surface area contributed by atoms with Crippen molar-refractivity contribution < 1.29 is 14.3 Å². The number of nitrogens with zero attached hydrogens (tertiary/aromatic N) is 1. The number of nitrogens with one attached hydrogen (secondary N) is 2. The van der Waals surface area contributed by atoms with Gasteiger partial charge in [0.1, 0.15) is 11.5 Å². The van der Waals surface area contributed by atoms with Gasteiger partial charge < -0.3 is 14.8 Å². The molecule has 2 N–H and O–H groups in total. The highest BCUT2D eigenvalue weighted by Crippen LogP contribution is 2.27. The lowest BCUT2D eigenvalue weighted by molar-refractivity contribution is 0.0927. The van der Waals surface area contributed by atoms with Crippen LogP contribution in [0, 0.1) is 0 Å². The van der Waals surface area contributed by atoms with E-state index in [1.165, 1.54) is 11.3 Å². The fourth-order valence-electron chi connectivity index (χ4n) is 2.97. The normalized spacial score (nSPS) is 16.6. The van der Waals surface area contributed by atoms with Crippen molar-refractivity contribution in [2.75, 3.05) is 7.11 Å².